The summed E-state index contributed by atoms with van der Waals surface area (Å²) >= 11 is 0. The summed E-state index contributed by atoms with van der Waals surface area (Å²) in [4.78, 5) is 15.3. The predicted molar refractivity (Wildman–Crippen MR) is 78.4 cm³/mol. The zero-order chi connectivity index (χ0) is 14.4. The highest BCUT2D eigenvalue weighted by Crippen LogP contribution is 2.49. The van der Waals surface area contributed by atoms with Crippen LogP contribution in [0.15, 0.2) is 22.6 Å². The predicted octanol–water partition coefficient (Wildman–Crippen LogP) is 3.37. The Morgan fingerprint density at radius 1 is 1.33 bits per heavy atom. The Morgan fingerprint density at radius 3 is 2.67 bits per heavy atom. The van der Waals surface area contributed by atoms with Gasteiger partial charge in [-0.2, -0.15) is 4.98 Å². The van der Waals surface area contributed by atoms with Crippen LogP contribution in [0.4, 0.5) is 6.01 Å². The first kappa shape index (κ1) is 12.7. The topological polar surface area (TPSA) is 75.4 Å². The molecule has 2 aliphatic rings. The second-order valence-electron chi connectivity index (χ2n) is 6.23. The summed E-state index contributed by atoms with van der Waals surface area (Å²) in [7, 11) is 0. The van der Waals surface area contributed by atoms with Gasteiger partial charge in [-0.25, -0.2) is 4.79 Å². The molecule has 0 bridgehead atoms. The van der Waals surface area contributed by atoms with Gasteiger partial charge in [-0.3, -0.25) is 0 Å². The Morgan fingerprint density at radius 2 is 2.05 bits per heavy atom. The number of carbonyl (C=O) groups is 1. The maximum Gasteiger partial charge on any atom is 0.335 e. The summed E-state index contributed by atoms with van der Waals surface area (Å²) in [6.45, 7) is 0.911. The quantitative estimate of drug-likeness (QED) is 0.851. The fourth-order valence-electron chi connectivity index (χ4n) is 3.11. The molecule has 0 unspecified atom stereocenters. The van der Waals surface area contributed by atoms with Gasteiger partial charge in [-0.05, 0) is 61.6 Å². The number of hydrogen-bond donors (Lipinski definition) is 2. The molecule has 110 valence electrons. The third-order valence-electron chi connectivity index (χ3n) is 4.58. The number of aromatic nitrogens is 1. The van der Waals surface area contributed by atoms with Crippen LogP contribution in [0.2, 0.25) is 0 Å². The van der Waals surface area contributed by atoms with E-state index in [9.17, 15) is 4.79 Å². The van der Waals surface area contributed by atoms with E-state index in [1.807, 2.05) is 0 Å². The molecule has 5 nitrogen and oxygen atoms in total. The van der Waals surface area contributed by atoms with Crippen molar-refractivity contribution in [3.63, 3.8) is 0 Å². The fourth-order valence-corrected chi connectivity index (χ4v) is 3.11. The maximum atomic E-state index is 11.0. The minimum Gasteiger partial charge on any atom is -0.478 e. The van der Waals surface area contributed by atoms with Crippen molar-refractivity contribution >= 4 is 23.1 Å². The molecule has 0 atom stereocenters. The average Bonchev–Trinajstić information content (AvgIpc) is 3.36. The number of hydrogen-bond acceptors (Lipinski definition) is 4. The van der Waals surface area contributed by atoms with Crippen LogP contribution < -0.4 is 5.32 Å². The van der Waals surface area contributed by atoms with E-state index in [1.54, 1.807) is 12.1 Å². The molecular weight excluding hydrogens is 268 g/mol. The second-order valence-corrected chi connectivity index (χ2v) is 6.23. The van der Waals surface area contributed by atoms with Gasteiger partial charge in [0.15, 0.2) is 5.58 Å². The molecule has 1 aromatic carbocycles. The lowest BCUT2D eigenvalue weighted by Crippen LogP contribution is -2.18. The summed E-state index contributed by atoms with van der Waals surface area (Å²) in [6, 6.07) is 5.26. The van der Waals surface area contributed by atoms with E-state index in [4.69, 9.17) is 9.52 Å². The number of carboxylic acids is 1. The lowest BCUT2D eigenvalue weighted by molar-refractivity contribution is 0.0697. The molecule has 2 aliphatic carbocycles. The van der Waals surface area contributed by atoms with E-state index >= 15 is 0 Å². The van der Waals surface area contributed by atoms with Gasteiger partial charge in [-0.1, -0.05) is 0 Å². The van der Waals surface area contributed by atoms with Crippen molar-refractivity contribution in [2.75, 3.05) is 11.9 Å². The highest BCUT2D eigenvalue weighted by Gasteiger charge is 2.41. The number of oxazole rings is 1. The molecule has 5 heteroatoms. The van der Waals surface area contributed by atoms with Crippen LogP contribution in [0.25, 0.3) is 11.1 Å². The van der Waals surface area contributed by atoms with Crippen molar-refractivity contribution in [2.45, 2.75) is 25.7 Å². The smallest absolute Gasteiger partial charge is 0.335 e. The molecule has 2 saturated carbocycles. The Hall–Kier alpha value is -2.04. The third-order valence-corrected chi connectivity index (χ3v) is 4.58. The largest absolute Gasteiger partial charge is 0.478 e. The maximum absolute atomic E-state index is 11.0. The van der Waals surface area contributed by atoms with Gasteiger partial charge in [0.05, 0.1) is 5.56 Å². The van der Waals surface area contributed by atoms with E-state index in [2.05, 4.69) is 10.3 Å². The van der Waals surface area contributed by atoms with Gasteiger partial charge in [0, 0.05) is 6.54 Å². The summed E-state index contributed by atoms with van der Waals surface area (Å²) in [5.74, 6) is 1.56. The third kappa shape index (κ3) is 2.60. The summed E-state index contributed by atoms with van der Waals surface area (Å²) in [5, 5.41) is 12.3. The van der Waals surface area contributed by atoms with Crippen LogP contribution in [0.5, 0.6) is 0 Å². The average molecular weight is 286 g/mol. The number of nitrogens with zero attached hydrogens (tertiary/aromatic N) is 1. The Balaban J connectivity index is 1.49. The number of nitrogens with one attached hydrogen (secondary N) is 1. The van der Waals surface area contributed by atoms with Crippen LogP contribution in [0.3, 0.4) is 0 Å². The molecule has 0 saturated heterocycles. The summed E-state index contributed by atoms with van der Waals surface area (Å²) in [6.07, 6.45) is 5.44. The molecular formula is C16H18N2O3. The van der Waals surface area contributed by atoms with Gasteiger partial charge < -0.3 is 14.8 Å². The van der Waals surface area contributed by atoms with Crippen molar-refractivity contribution in [3.05, 3.63) is 23.8 Å². The number of anilines is 1. The van der Waals surface area contributed by atoms with Crippen molar-refractivity contribution in [2.24, 2.45) is 17.8 Å². The minimum atomic E-state index is -0.953. The number of carboxylic acid groups (broad SMARTS) is 1. The van der Waals surface area contributed by atoms with Crippen LogP contribution in [0.1, 0.15) is 36.0 Å². The monoisotopic (exact) mass is 286 g/mol. The molecule has 4 rings (SSSR count). The summed E-state index contributed by atoms with van der Waals surface area (Å²) < 4.78 is 5.62. The minimum absolute atomic E-state index is 0.221. The molecule has 1 aromatic heterocycles. The fraction of sp³-hybridized carbons (Fsp3) is 0.500. The van der Waals surface area contributed by atoms with Crippen molar-refractivity contribution in [1.82, 2.24) is 4.98 Å². The Bertz CT molecular complexity index is 674. The SMILES string of the molecule is O=C(O)c1ccc2nc(NCC(C3CC3)C3CC3)oc2c1. The Labute approximate surface area is 122 Å². The van der Waals surface area contributed by atoms with Crippen LogP contribution in [-0.2, 0) is 0 Å². The number of aromatic carboxylic acids is 1. The number of rotatable bonds is 6. The second kappa shape index (κ2) is 4.76. The highest BCUT2D eigenvalue weighted by molar-refractivity contribution is 5.92. The van der Waals surface area contributed by atoms with Crippen molar-refractivity contribution in [1.29, 1.82) is 0 Å². The Kier molecular flexibility index (Phi) is 2.87. The first-order chi connectivity index (χ1) is 10.2. The van der Waals surface area contributed by atoms with Crippen LogP contribution >= 0.6 is 0 Å². The molecule has 0 amide bonds. The zero-order valence-electron chi connectivity index (χ0n) is 11.7. The molecule has 0 radical (unpaired) electrons. The van der Waals surface area contributed by atoms with Gasteiger partial charge in [0.1, 0.15) is 5.52 Å². The van der Waals surface area contributed by atoms with E-state index < -0.39 is 5.97 Å². The van der Waals surface area contributed by atoms with E-state index in [-0.39, 0.29) is 5.56 Å². The van der Waals surface area contributed by atoms with Gasteiger partial charge in [0.25, 0.3) is 6.01 Å². The van der Waals surface area contributed by atoms with Gasteiger partial charge >= 0.3 is 5.97 Å². The lowest BCUT2D eigenvalue weighted by atomic mass is 9.98. The number of benzene rings is 1. The molecule has 2 aromatic rings. The summed E-state index contributed by atoms with van der Waals surface area (Å²) in [5.41, 5.74) is 1.43. The van der Waals surface area contributed by atoms with Crippen molar-refractivity contribution < 1.29 is 14.3 Å². The molecule has 0 aliphatic heterocycles. The lowest BCUT2D eigenvalue weighted by Gasteiger charge is -2.14. The van der Waals surface area contributed by atoms with Crippen LogP contribution in [0, 0.1) is 17.8 Å². The highest BCUT2D eigenvalue weighted by atomic mass is 16.4. The van der Waals surface area contributed by atoms with Gasteiger partial charge in [0.2, 0.25) is 0 Å². The van der Waals surface area contributed by atoms with Crippen molar-refractivity contribution in [3.8, 4) is 0 Å². The normalized spacial score (nSPS) is 18.3. The van der Waals surface area contributed by atoms with E-state index in [0.717, 1.165) is 24.3 Å². The number of fused-ring (bicyclic) bond motifs is 1. The molecule has 2 fully saturated rings. The van der Waals surface area contributed by atoms with E-state index in [1.165, 1.54) is 31.7 Å². The first-order valence-electron chi connectivity index (χ1n) is 7.58. The standard InChI is InChI=1S/C16H18N2O3/c19-15(20)11-5-6-13-14(7-11)21-16(18-13)17-8-12(9-1-2-9)10-3-4-10/h5-7,9-10,12H,1-4,8H2,(H,17,18)(H,19,20). The molecule has 2 N–H and O–H groups in total. The van der Waals surface area contributed by atoms with Crippen LogP contribution in [-0.4, -0.2) is 22.6 Å². The van der Waals surface area contributed by atoms with Gasteiger partial charge in [-0.15, -0.1) is 0 Å². The molecule has 1 heterocycles. The van der Waals surface area contributed by atoms with E-state index in [0.29, 0.717) is 17.1 Å². The molecule has 21 heavy (non-hydrogen) atoms. The first-order valence-corrected chi connectivity index (χ1v) is 7.58. The zero-order valence-corrected chi connectivity index (χ0v) is 11.7. The molecule has 0 spiro atoms.